The number of carbonyl (C=O) groups excluding carboxylic acids is 1. The number of H-pyrrole nitrogens is 1. The van der Waals surface area contributed by atoms with Crippen molar-refractivity contribution >= 4 is 18.0 Å². The molecule has 66 valence electrons. The van der Waals surface area contributed by atoms with Crippen LogP contribution < -0.4 is 0 Å². The highest BCUT2D eigenvalue weighted by molar-refractivity contribution is 7.94. The second-order valence-electron chi connectivity index (χ2n) is 2.08. The molecule has 0 bridgehead atoms. The van der Waals surface area contributed by atoms with Crippen molar-refractivity contribution in [3.8, 4) is 0 Å². The molecule has 0 aromatic carbocycles. The predicted molar refractivity (Wildman–Crippen MR) is 43.2 cm³/mol. The van der Waals surface area contributed by atoms with Gasteiger partial charge in [0.25, 0.3) is 0 Å². The highest BCUT2D eigenvalue weighted by atomic mass is 32.2. The molecule has 12 heavy (non-hydrogen) atoms. The Morgan fingerprint density at radius 1 is 1.83 bits per heavy atom. The summed E-state index contributed by atoms with van der Waals surface area (Å²) in [5.41, 5.74) is 0. The van der Waals surface area contributed by atoms with Crippen molar-refractivity contribution in [2.24, 2.45) is 0 Å². The third kappa shape index (κ3) is 2.91. The summed E-state index contributed by atoms with van der Waals surface area (Å²) >= 11 is 0.896. The van der Waals surface area contributed by atoms with Crippen LogP contribution in [0.4, 0.5) is 0 Å². The fraction of sp³-hybridized carbons (Fsp3) is 0.500. The topological polar surface area (TPSA) is 67.9 Å². The molecule has 6 heteroatoms. The van der Waals surface area contributed by atoms with Gasteiger partial charge in [0.2, 0.25) is 5.16 Å². The molecule has 0 atom stereocenters. The van der Waals surface area contributed by atoms with E-state index in [4.69, 9.17) is 4.18 Å². The summed E-state index contributed by atoms with van der Waals surface area (Å²) in [6.45, 7) is 1.92. The first-order valence-corrected chi connectivity index (χ1v) is 4.29. The molecule has 0 aliphatic carbocycles. The van der Waals surface area contributed by atoms with Crippen LogP contribution in [0.2, 0.25) is 0 Å². The van der Waals surface area contributed by atoms with E-state index in [1.807, 2.05) is 6.92 Å². The Hall–Kier alpha value is -1.04. The van der Waals surface area contributed by atoms with E-state index in [1.54, 1.807) is 0 Å². The van der Waals surface area contributed by atoms with Crippen molar-refractivity contribution in [1.82, 2.24) is 15.2 Å². The third-order valence-corrected chi connectivity index (χ3v) is 1.68. The molecule has 0 unspecified atom stereocenters. The van der Waals surface area contributed by atoms with Gasteiger partial charge in [-0.05, 0) is 6.42 Å². The number of aromatic nitrogens is 3. The highest BCUT2D eigenvalue weighted by Gasteiger charge is 2.04. The lowest BCUT2D eigenvalue weighted by Crippen LogP contribution is -1.97. The van der Waals surface area contributed by atoms with Crippen LogP contribution in [0.15, 0.2) is 11.5 Å². The first kappa shape index (κ1) is 9.05. The van der Waals surface area contributed by atoms with Gasteiger partial charge in [-0.1, -0.05) is 6.92 Å². The lowest BCUT2D eigenvalue weighted by Gasteiger charge is -1.96. The molecule has 1 rings (SSSR count). The van der Waals surface area contributed by atoms with Crippen LogP contribution in [0.3, 0.4) is 0 Å². The molecule has 0 saturated carbocycles. The van der Waals surface area contributed by atoms with Crippen LogP contribution in [0.5, 0.6) is 0 Å². The second kappa shape index (κ2) is 4.76. The van der Waals surface area contributed by atoms with E-state index in [0.717, 1.165) is 18.5 Å². The molecule has 0 aliphatic heterocycles. The molecule has 0 aliphatic rings. The highest BCUT2D eigenvalue weighted by Crippen LogP contribution is 2.13. The molecule has 0 saturated heterocycles. The number of hydrogen-bond donors (Lipinski definition) is 1. The number of nitrogens with zero attached hydrogens (tertiary/aromatic N) is 2. The lowest BCUT2D eigenvalue weighted by molar-refractivity contribution is -0.133. The standard InChI is InChI=1S/C6H9N3O2S/c1-2-3-5(10)11-12-6-7-4-8-9-6/h4H,2-3H2,1H3,(H,7,8,9). The summed E-state index contributed by atoms with van der Waals surface area (Å²) < 4.78 is 4.77. The Morgan fingerprint density at radius 3 is 3.25 bits per heavy atom. The predicted octanol–water partition coefficient (Wildman–Crippen LogP) is 1.16. The maximum absolute atomic E-state index is 10.8. The van der Waals surface area contributed by atoms with Gasteiger partial charge in [0.1, 0.15) is 18.4 Å². The zero-order valence-corrected chi connectivity index (χ0v) is 7.43. The summed E-state index contributed by atoms with van der Waals surface area (Å²) in [5, 5.41) is 6.64. The van der Waals surface area contributed by atoms with Gasteiger partial charge in [-0.25, -0.2) is 4.98 Å². The Balaban J connectivity index is 2.22. The quantitative estimate of drug-likeness (QED) is 0.716. The van der Waals surface area contributed by atoms with E-state index in [2.05, 4.69) is 15.2 Å². The van der Waals surface area contributed by atoms with Crippen molar-refractivity contribution in [2.45, 2.75) is 24.9 Å². The first-order valence-electron chi connectivity index (χ1n) is 3.55. The van der Waals surface area contributed by atoms with Gasteiger partial charge in [0.05, 0.1) is 0 Å². The van der Waals surface area contributed by atoms with Crippen molar-refractivity contribution < 1.29 is 8.98 Å². The van der Waals surface area contributed by atoms with E-state index in [1.165, 1.54) is 6.33 Å². The zero-order valence-electron chi connectivity index (χ0n) is 6.61. The Labute approximate surface area is 74.1 Å². The molecular weight excluding hydrogens is 178 g/mol. The van der Waals surface area contributed by atoms with Gasteiger partial charge in [0, 0.05) is 6.42 Å². The van der Waals surface area contributed by atoms with Gasteiger partial charge in [-0.3, -0.25) is 9.89 Å². The maximum Gasteiger partial charge on any atom is 0.318 e. The normalized spacial score (nSPS) is 9.75. The average Bonchev–Trinajstić information content (AvgIpc) is 2.53. The number of carbonyl (C=O) groups is 1. The third-order valence-electron chi connectivity index (χ3n) is 1.06. The molecule has 1 heterocycles. The van der Waals surface area contributed by atoms with Crippen molar-refractivity contribution in [3.05, 3.63) is 6.33 Å². The van der Waals surface area contributed by atoms with E-state index in [-0.39, 0.29) is 5.97 Å². The fourth-order valence-corrected chi connectivity index (χ4v) is 1.00. The number of rotatable bonds is 4. The Kier molecular flexibility index (Phi) is 3.59. The van der Waals surface area contributed by atoms with Gasteiger partial charge < -0.3 is 4.18 Å². The van der Waals surface area contributed by atoms with E-state index in [9.17, 15) is 4.79 Å². The molecule has 0 amide bonds. The van der Waals surface area contributed by atoms with Gasteiger partial charge in [0.15, 0.2) is 0 Å². The van der Waals surface area contributed by atoms with E-state index in [0.29, 0.717) is 11.6 Å². The Bertz CT molecular complexity index is 237. The molecule has 0 spiro atoms. The molecule has 0 fully saturated rings. The number of hydrogen-bond acceptors (Lipinski definition) is 5. The SMILES string of the molecule is CCCC(=O)OSc1ncn[nH]1. The summed E-state index contributed by atoms with van der Waals surface area (Å²) in [4.78, 5) is 14.6. The average molecular weight is 187 g/mol. The van der Waals surface area contributed by atoms with Crippen molar-refractivity contribution in [2.75, 3.05) is 0 Å². The summed E-state index contributed by atoms with van der Waals surface area (Å²) in [7, 11) is 0. The number of aromatic amines is 1. The second-order valence-corrected chi connectivity index (χ2v) is 2.80. The summed E-state index contributed by atoms with van der Waals surface area (Å²) in [6, 6.07) is 0. The summed E-state index contributed by atoms with van der Waals surface area (Å²) in [5.74, 6) is -0.237. The minimum atomic E-state index is -0.237. The van der Waals surface area contributed by atoms with Crippen LogP contribution in [0.25, 0.3) is 0 Å². The minimum absolute atomic E-state index is 0.237. The Morgan fingerprint density at radius 2 is 2.67 bits per heavy atom. The monoisotopic (exact) mass is 187 g/mol. The largest absolute Gasteiger partial charge is 0.383 e. The summed E-state index contributed by atoms with van der Waals surface area (Å²) in [6.07, 6.45) is 2.58. The molecule has 1 aromatic rings. The maximum atomic E-state index is 10.8. The molecule has 0 radical (unpaired) electrons. The van der Waals surface area contributed by atoms with Crippen LogP contribution in [0, 0.1) is 0 Å². The number of nitrogens with one attached hydrogen (secondary N) is 1. The van der Waals surface area contributed by atoms with Crippen LogP contribution in [0.1, 0.15) is 19.8 Å². The van der Waals surface area contributed by atoms with Crippen molar-refractivity contribution in [1.29, 1.82) is 0 Å². The van der Waals surface area contributed by atoms with Gasteiger partial charge >= 0.3 is 5.97 Å². The zero-order chi connectivity index (χ0) is 8.81. The fourth-order valence-electron chi connectivity index (χ4n) is 0.566. The van der Waals surface area contributed by atoms with Crippen LogP contribution in [-0.4, -0.2) is 21.2 Å². The van der Waals surface area contributed by atoms with E-state index < -0.39 is 0 Å². The lowest BCUT2D eigenvalue weighted by atomic mass is 10.4. The molecule has 5 nitrogen and oxygen atoms in total. The molecule has 1 N–H and O–H groups in total. The molecular formula is C6H9N3O2S. The smallest absolute Gasteiger partial charge is 0.318 e. The minimum Gasteiger partial charge on any atom is -0.383 e. The van der Waals surface area contributed by atoms with Crippen molar-refractivity contribution in [3.63, 3.8) is 0 Å². The van der Waals surface area contributed by atoms with Crippen LogP contribution in [-0.2, 0) is 8.98 Å². The van der Waals surface area contributed by atoms with E-state index >= 15 is 0 Å². The molecule has 1 aromatic heterocycles. The van der Waals surface area contributed by atoms with Gasteiger partial charge in [-0.2, -0.15) is 5.10 Å². The van der Waals surface area contributed by atoms with Gasteiger partial charge in [-0.15, -0.1) is 0 Å². The first-order chi connectivity index (χ1) is 5.83. The van der Waals surface area contributed by atoms with Crippen LogP contribution >= 0.6 is 12.0 Å².